The minimum absolute atomic E-state index is 0.265. The summed E-state index contributed by atoms with van der Waals surface area (Å²) in [6.45, 7) is 3.20. The van der Waals surface area contributed by atoms with Crippen LogP contribution in [0.5, 0.6) is 5.88 Å². The number of amides is 1. The van der Waals surface area contributed by atoms with E-state index in [0.29, 0.717) is 11.8 Å². The summed E-state index contributed by atoms with van der Waals surface area (Å²) in [4.78, 5) is 16.8. The number of carbonyl (C=O) groups excluding carboxylic acids is 1. The van der Waals surface area contributed by atoms with Crippen LogP contribution in [0.4, 0.5) is 5.82 Å². The van der Waals surface area contributed by atoms with Gasteiger partial charge in [0.05, 0.1) is 7.11 Å². The average Bonchev–Trinajstić information content (AvgIpc) is 2.62. The van der Waals surface area contributed by atoms with Gasteiger partial charge in [-0.1, -0.05) is 19.3 Å². The third-order valence-corrected chi connectivity index (χ3v) is 4.70. The lowest BCUT2D eigenvalue weighted by atomic mass is 9.88. The molecule has 0 atom stereocenters. The topological polar surface area (TPSA) is 58.6 Å². The number of nitrogens with zero attached hydrogens (tertiary/aromatic N) is 4. The van der Waals surface area contributed by atoms with Gasteiger partial charge in [0.2, 0.25) is 11.8 Å². The van der Waals surface area contributed by atoms with Crippen LogP contribution in [-0.4, -0.2) is 54.3 Å². The molecular formula is C16H24N4O2. The molecular weight excluding hydrogens is 280 g/mol. The molecule has 1 aromatic rings. The second-order valence-electron chi connectivity index (χ2n) is 6.08. The highest BCUT2D eigenvalue weighted by Crippen LogP contribution is 2.26. The van der Waals surface area contributed by atoms with E-state index in [1.807, 2.05) is 17.0 Å². The van der Waals surface area contributed by atoms with Gasteiger partial charge in [0.15, 0.2) is 5.82 Å². The van der Waals surface area contributed by atoms with E-state index in [0.717, 1.165) is 44.8 Å². The van der Waals surface area contributed by atoms with Gasteiger partial charge in [0.25, 0.3) is 0 Å². The van der Waals surface area contributed by atoms with Gasteiger partial charge in [-0.2, -0.15) is 0 Å². The van der Waals surface area contributed by atoms with Crippen molar-refractivity contribution in [1.82, 2.24) is 15.1 Å². The molecule has 2 heterocycles. The van der Waals surface area contributed by atoms with Gasteiger partial charge in [-0.3, -0.25) is 4.79 Å². The zero-order valence-electron chi connectivity index (χ0n) is 13.2. The first-order chi connectivity index (χ1) is 10.8. The first kappa shape index (κ1) is 15.1. The summed E-state index contributed by atoms with van der Waals surface area (Å²) < 4.78 is 5.03. The highest BCUT2D eigenvalue weighted by atomic mass is 16.5. The van der Waals surface area contributed by atoms with Crippen molar-refractivity contribution in [2.75, 3.05) is 38.2 Å². The van der Waals surface area contributed by atoms with E-state index in [2.05, 4.69) is 15.1 Å². The van der Waals surface area contributed by atoms with Gasteiger partial charge >= 0.3 is 0 Å². The fraction of sp³-hybridized carbons (Fsp3) is 0.688. The number of hydrogen-bond acceptors (Lipinski definition) is 5. The number of carbonyl (C=O) groups is 1. The van der Waals surface area contributed by atoms with E-state index in [1.54, 1.807) is 7.11 Å². The Morgan fingerprint density at radius 3 is 2.41 bits per heavy atom. The third-order valence-electron chi connectivity index (χ3n) is 4.70. The molecule has 0 bridgehead atoms. The van der Waals surface area contributed by atoms with Crippen molar-refractivity contribution in [1.29, 1.82) is 0 Å². The van der Waals surface area contributed by atoms with Crippen LogP contribution in [0, 0.1) is 5.92 Å². The maximum absolute atomic E-state index is 12.5. The van der Waals surface area contributed by atoms with Crippen molar-refractivity contribution < 1.29 is 9.53 Å². The van der Waals surface area contributed by atoms with Crippen LogP contribution in [0.1, 0.15) is 32.1 Å². The molecule has 1 aromatic heterocycles. The minimum atomic E-state index is 0.265. The molecule has 0 radical (unpaired) electrons. The van der Waals surface area contributed by atoms with Gasteiger partial charge in [-0.05, 0) is 18.9 Å². The Morgan fingerprint density at radius 1 is 1.09 bits per heavy atom. The Balaban J connectivity index is 1.54. The molecule has 120 valence electrons. The molecule has 2 aliphatic rings. The van der Waals surface area contributed by atoms with Gasteiger partial charge in [0.1, 0.15) is 0 Å². The van der Waals surface area contributed by atoms with Crippen molar-refractivity contribution in [3.05, 3.63) is 12.1 Å². The Labute approximate surface area is 131 Å². The van der Waals surface area contributed by atoms with E-state index >= 15 is 0 Å². The average molecular weight is 304 g/mol. The van der Waals surface area contributed by atoms with Crippen LogP contribution in [0.2, 0.25) is 0 Å². The van der Waals surface area contributed by atoms with E-state index in [-0.39, 0.29) is 5.92 Å². The summed E-state index contributed by atoms with van der Waals surface area (Å²) in [7, 11) is 1.58. The summed E-state index contributed by atoms with van der Waals surface area (Å²) in [5.74, 6) is 2.00. The van der Waals surface area contributed by atoms with Crippen molar-refractivity contribution in [3.8, 4) is 5.88 Å². The molecule has 1 saturated carbocycles. The standard InChI is InChI=1S/C16H24N4O2/c1-22-15-8-7-14(17-18-15)19-9-11-20(12-10-19)16(21)13-5-3-2-4-6-13/h7-8,13H,2-6,9-12H2,1H3. The monoisotopic (exact) mass is 304 g/mol. The fourth-order valence-corrected chi connectivity index (χ4v) is 3.35. The molecule has 0 N–H and O–H groups in total. The fourth-order valence-electron chi connectivity index (χ4n) is 3.35. The zero-order valence-corrected chi connectivity index (χ0v) is 13.2. The van der Waals surface area contributed by atoms with Gasteiger partial charge < -0.3 is 14.5 Å². The minimum Gasteiger partial charge on any atom is -0.480 e. The highest BCUT2D eigenvalue weighted by molar-refractivity contribution is 5.79. The number of aromatic nitrogens is 2. The SMILES string of the molecule is COc1ccc(N2CCN(C(=O)C3CCCCC3)CC2)nn1. The first-order valence-electron chi connectivity index (χ1n) is 8.19. The second kappa shape index (κ2) is 6.94. The summed E-state index contributed by atoms with van der Waals surface area (Å²) in [5, 5.41) is 8.19. The first-order valence-corrected chi connectivity index (χ1v) is 8.19. The molecule has 0 aromatic carbocycles. The van der Waals surface area contributed by atoms with E-state index in [1.165, 1.54) is 19.3 Å². The molecule has 0 spiro atoms. The molecule has 0 unspecified atom stereocenters. The van der Waals surface area contributed by atoms with Crippen LogP contribution in [0.3, 0.4) is 0 Å². The normalized spacial score (nSPS) is 20.0. The maximum Gasteiger partial charge on any atom is 0.233 e. The van der Waals surface area contributed by atoms with Crippen LogP contribution in [0.25, 0.3) is 0 Å². The number of piperazine rings is 1. The quantitative estimate of drug-likeness (QED) is 0.851. The lowest BCUT2D eigenvalue weighted by Gasteiger charge is -2.37. The molecule has 6 nitrogen and oxygen atoms in total. The Bertz CT molecular complexity index is 491. The summed E-state index contributed by atoms with van der Waals surface area (Å²) >= 11 is 0. The van der Waals surface area contributed by atoms with Crippen LogP contribution in [-0.2, 0) is 4.79 Å². The van der Waals surface area contributed by atoms with Crippen molar-refractivity contribution in [3.63, 3.8) is 0 Å². The van der Waals surface area contributed by atoms with E-state index < -0.39 is 0 Å². The Morgan fingerprint density at radius 2 is 1.82 bits per heavy atom. The Hall–Kier alpha value is -1.85. The van der Waals surface area contributed by atoms with E-state index in [9.17, 15) is 4.79 Å². The molecule has 3 rings (SSSR count). The molecule has 22 heavy (non-hydrogen) atoms. The van der Waals surface area contributed by atoms with Crippen LogP contribution >= 0.6 is 0 Å². The zero-order chi connectivity index (χ0) is 15.4. The van der Waals surface area contributed by atoms with E-state index in [4.69, 9.17) is 4.74 Å². The maximum atomic E-state index is 12.5. The van der Waals surface area contributed by atoms with Crippen molar-refractivity contribution >= 4 is 11.7 Å². The number of ether oxygens (including phenoxy) is 1. The lowest BCUT2D eigenvalue weighted by Crippen LogP contribution is -2.50. The molecule has 1 aliphatic heterocycles. The largest absolute Gasteiger partial charge is 0.480 e. The summed E-state index contributed by atoms with van der Waals surface area (Å²) in [6.07, 6.45) is 5.84. The summed E-state index contributed by atoms with van der Waals surface area (Å²) in [6, 6.07) is 3.74. The molecule has 6 heteroatoms. The number of anilines is 1. The predicted molar refractivity (Wildman–Crippen MR) is 84.0 cm³/mol. The van der Waals surface area contributed by atoms with Crippen molar-refractivity contribution in [2.45, 2.75) is 32.1 Å². The molecule has 1 aliphatic carbocycles. The van der Waals surface area contributed by atoms with Gasteiger partial charge in [-0.15, -0.1) is 10.2 Å². The predicted octanol–water partition coefficient (Wildman–Crippen LogP) is 1.71. The molecule has 1 saturated heterocycles. The third kappa shape index (κ3) is 3.31. The number of methoxy groups -OCH3 is 1. The van der Waals surface area contributed by atoms with Crippen LogP contribution < -0.4 is 9.64 Å². The lowest BCUT2D eigenvalue weighted by molar-refractivity contribution is -0.136. The van der Waals surface area contributed by atoms with Gasteiger partial charge in [0, 0.05) is 38.2 Å². The second-order valence-corrected chi connectivity index (χ2v) is 6.08. The molecule has 1 amide bonds. The molecule has 2 fully saturated rings. The summed E-state index contributed by atoms with van der Waals surface area (Å²) in [5.41, 5.74) is 0. The Kier molecular flexibility index (Phi) is 4.75. The number of hydrogen-bond donors (Lipinski definition) is 0. The van der Waals surface area contributed by atoms with Crippen LogP contribution in [0.15, 0.2) is 12.1 Å². The highest BCUT2D eigenvalue weighted by Gasteiger charge is 2.28. The smallest absolute Gasteiger partial charge is 0.233 e. The van der Waals surface area contributed by atoms with Crippen molar-refractivity contribution in [2.24, 2.45) is 5.92 Å². The van der Waals surface area contributed by atoms with Gasteiger partial charge in [-0.25, -0.2) is 0 Å². The number of rotatable bonds is 3.